The van der Waals surface area contributed by atoms with Crippen LogP contribution in [-0.4, -0.2) is 18.2 Å². The molecule has 0 radical (unpaired) electrons. The van der Waals surface area contributed by atoms with Gasteiger partial charge in [-0.15, -0.1) is 0 Å². The number of ketones is 1. The minimum absolute atomic E-state index is 0.0122. The van der Waals surface area contributed by atoms with Crippen LogP contribution in [-0.2, 0) is 0 Å². The van der Waals surface area contributed by atoms with Crippen LogP contribution in [0, 0.1) is 5.82 Å². The van der Waals surface area contributed by atoms with Gasteiger partial charge in [0.2, 0.25) is 0 Å². The summed E-state index contributed by atoms with van der Waals surface area (Å²) in [6, 6.07) is 12.8. The molecule has 0 fully saturated rings. The van der Waals surface area contributed by atoms with Gasteiger partial charge >= 0.3 is 0 Å². The SMILES string of the molecule is O=C1CCN(C(=O)c2ccccc2F)c2ccccc21. The fraction of sp³-hybridized carbons (Fsp3) is 0.125. The van der Waals surface area contributed by atoms with Gasteiger partial charge in [0.05, 0.1) is 11.3 Å². The van der Waals surface area contributed by atoms with Crippen LogP contribution >= 0.6 is 0 Å². The molecule has 0 spiro atoms. The van der Waals surface area contributed by atoms with Crippen molar-refractivity contribution in [1.82, 2.24) is 0 Å². The molecule has 1 aliphatic rings. The van der Waals surface area contributed by atoms with Crippen molar-refractivity contribution in [3.8, 4) is 0 Å². The highest BCUT2D eigenvalue weighted by Crippen LogP contribution is 2.28. The lowest BCUT2D eigenvalue weighted by molar-refractivity contribution is 0.0953. The zero-order valence-electron chi connectivity index (χ0n) is 10.7. The Hall–Kier alpha value is -2.49. The molecule has 0 unspecified atom stereocenters. The van der Waals surface area contributed by atoms with Crippen molar-refractivity contribution in [1.29, 1.82) is 0 Å². The van der Waals surface area contributed by atoms with Gasteiger partial charge in [-0.05, 0) is 24.3 Å². The fourth-order valence-electron chi connectivity index (χ4n) is 2.40. The number of nitrogens with zero attached hydrogens (tertiary/aromatic N) is 1. The van der Waals surface area contributed by atoms with Crippen LogP contribution in [0.3, 0.4) is 0 Å². The van der Waals surface area contributed by atoms with E-state index in [1.54, 1.807) is 36.4 Å². The summed E-state index contributed by atoms with van der Waals surface area (Å²) < 4.78 is 13.7. The highest BCUT2D eigenvalue weighted by Gasteiger charge is 2.28. The average Bonchev–Trinajstić information content (AvgIpc) is 2.48. The minimum Gasteiger partial charge on any atom is -0.307 e. The van der Waals surface area contributed by atoms with E-state index in [4.69, 9.17) is 0 Å². The first-order chi connectivity index (χ1) is 9.68. The number of benzene rings is 2. The van der Waals surface area contributed by atoms with Gasteiger partial charge < -0.3 is 4.90 Å². The number of hydrogen-bond donors (Lipinski definition) is 0. The van der Waals surface area contributed by atoms with E-state index in [9.17, 15) is 14.0 Å². The number of halogens is 1. The van der Waals surface area contributed by atoms with Crippen molar-refractivity contribution >= 4 is 17.4 Å². The van der Waals surface area contributed by atoms with Crippen molar-refractivity contribution in [2.45, 2.75) is 6.42 Å². The Morgan fingerprint density at radius 2 is 1.75 bits per heavy atom. The van der Waals surface area contributed by atoms with Gasteiger partial charge in [-0.25, -0.2) is 4.39 Å². The Morgan fingerprint density at radius 1 is 1.05 bits per heavy atom. The van der Waals surface area contributed by atoms with E-state index in [-0.39, 0.29) is 24.3 Å². The number of hydrogen-bond acceptors (Lipinski definition) is 2. The van der Waals surface area contributed by atoms with Gasteiger partial charge in [-0.3, -0.25) is 9.59 Å². The summed E-state index contributed by atoms with van der Waals surface area (Å²) in [5, 5.41) is 0. The zero-order chi connectivity index (χ0) is 14.1. The highest BCUT2D eigenvalue weighted by molar-refractivity contribution is 6.13. The van der Waals surface area contributed by atoms with Crippen molar-refractivity contribution in [2.75, 3.05) is 11.4 Å². The quantitative estimate of drug-likeness (QED) is 0.798. The summed E-state index contributed by atoms with van der Waals surface area (Å²) in [5.41, 5.74) is 1.09. The maximum absolute atomic E-state index is 13.7. The Kier molecular flexibility index (Phi) is 3.06. The molecular formula is C16H12FNO2. The number of carbonyl (C=O) groups excluding carboxylic acids is 2. The third-order valence-electron chi connectivity index (χ3n) is 3.41. The monoisotopic (exact) mass is 269 g/mol. The molecule has 0 atom stereocenters. The molecule has 1 heterocycles. The largest absolute Gasteiger partial charge is 0.307 e. The van der Waals surface area contributed by atoms with Crippen LogP contribution in [0.15, 0.2) is 48.5 Å². The smallest absolute Gasteiger partial charge is 0.261 e. The molecule has 0 saturated heterocycles. The van der Waals surface area contributed by atoms with Gasteiger partial charge in [0, 0.05) is 18.5 Å². The summed E-state index contributed by atoms with van der Waals surface area (Å²) in [5.74, 6) is -0.951. The van der Waals surface area contributed by atoms with Gasteiger partial charge in [0.1, 0.15) is 5.82 Å². The lowest BCUT2D eigenvalue weighted by Crippen LogP contribution is -2.37. The molecule has 0 aromatic heterocycles. The standard InChI is InChI=1S/C16H12FNO2/c17-13-7-3-1-5-11(13)16(20)18-10-9-15(19)12-6-2-4-8-14(12)18/h1-8H,9-10H2. The normalized spacial score (nSPS) is 14.1. The first kappa shape index (κ1) is 12.5. The first-order valence-electron chi connectivity index (χ1n) is 6.37. The molecule has 0 bridgehead atoms. The molecular weight excluding hydrogens is 257 g/mol. The molecule has 20 heavy (non-hydrogen) atoms. The Bertz CT molecular complexity index is 696. The van der Waals surface area contributed by atoms with E-state index >= 15 is 0 Å². The second-order valence-electron chi connectivity index (χ2n) is 4.63. The second-order valence-corrected chi connectivity index (χ2v) is 4.63. The van der Waals surface area contributed by atoms with E-state index in [0.29, 0.717) is 11.3 Å². The fourth-order valence-corrected chi connectivity index (χ4v) is 2.40. The second kappa shape index (κ2) is 4.89. The van der Waals surface area contributed by atoms with Crippen LogP contribution in [0.25, 0.3) is 0 Å². The summed E-state index contributed by atoms with van der Waals surface area (Å²) in [7, 11) is 0. The molecule has 1 amide bonds. The third-order valence-corrected chi connectivity index (χ3v) is 3.41. The van der Waals surface area contributed by atoms with Gasteiger partial charge in [0.15, 0.2) is 5.78 Å². The summed E-state index contributed by atoms with van der Waals surface area (Å²) >= 11 is 0. The van der Waals surface area contributed by atoms with Crippen molar-refractivity contribution < 1.29 is 14.0 Å². The third kappa shape index (κ3) is 1.99. The molecule has 0 saturated carbocycles. The molecule has 1 aliphatic heterocycles. The van der Waals surface area contributed by atoms with E-state index < -0.39 is 11.7 Å². The van der Waals surface area contributed by atoms with Gasteiger partial charge in [-0.1, -0.05) is 24.3 Å². The Morgan fingerprint density at radius 3 is 2.55 bits per heavy atom. The number of anilines is 1. The van der Waals surface area contributed by atoms with E-state index in [1.165, 1.54) is 17.0 Å². The molecule has 0 aliphatic carbocycles. The van der Waals surface area contributed by atoms with Gasteiger partial charge in [0.25, 0.3) is 5.91 Å². The number of fused-ring (bicyclic) bond motifs is 1. The molecule has 100 valence electrons. The van der Waals surface area contributed by atoms with Crippen LogP contribution in [0.5, 0.6) is 0 Å². The predicted molar refractivity (Wildman–Crippen MR) is 73.5 cm³/mol. The molecule has 2 aromatic carbocycles. The molecule has 4 heteroatoms. The maximum Gasteiger partial charge on any atom is 0.261 e. The highest BCUT2D eigenvalue weighted by atomic mass is 19.1. The minimum atomic E-state index is -0.549. The van der Waals surface area contributed by atoms with E-state index in [2.05, 4.69) is 0 Å². The zero-order valence-corrected chi connectivity index (χ0v) is 10.7. The number of para-hydroxylation sites is 1. The average molecular weight is 269 g/mol. The van der Waals surface area contributed by atoms with Gasteiger partial charge in [-0.2, -0.15) is 0 Å². The van der Waals surface area contributed by atoms with Crippen LogP contribution < -0.4 is 4.90 Å². The van der Waals surface area contributed by atoms with Crippen molar-refractivity contribution in [3.63, 3.8) is 0 Å². The predicted octanol–water partition coefficient (Wildman–Crippen LogP) is 3.06. The molecule has 3 nitrogen and oxygen atoms in total. The maximum atomic E-state index is 13.7. The summed E-state index contributed by atoms with van der Waals surface area (Å²) in [4.78, 5) is 25.8. The van der Waals surface area contributed by atoms with Crippen LogP contribution in [0.1, 0.15) is 27.1 Å². The lowest BCUT2D eigenvalue weighted by atomic mass is 9.99. The number of carbonyl (C=O) groups is 2. The van der Waals surface area contributed by atoms with Crippen LogP contribution in [0.2, 0.25) is 0 Å². The molecule has 3 rings (SSSR count). The van der Waals surface area contributed by atoms with E-state index in [0.717, 1.165) is 0 Å². The Balaban J connectivity index is 2.04. The first-order valence-corrected chi connectivity index (χ1v) is 6.37. The molecule has 2 aromatic rings. The number of Topliss-reactive ketones (excluding diaryl/α,β-unsaturated/α-hetero) is 1. The topological polar surface area (TPSA) is 37.4 Å². The van der Waals surface area contributed by atoms with Crippen molar-refractivity contribution in [3.05, 3.63) is 65.5 Å². The Labute approximate surface area is 115 Å². The number of amides is 1. The lowest BCUT2D eigenvalue weighted by Gasteiger charge is -2.28. The summed E-state index contributed by atoms with van der Waals surface area (Å²) in [6.45, 7) is 0.281. The number of rotatable bonds is 1. The van der Waals surface area contributed by atoms with Crippen molar-refractivity contribution in [2.24, 2.45) is 0 Å². The molecule has 0 N–H and O–H groups in total. The van der Waals surface area contributed by atoms with Crippen LogP contribution in [0.4, 0.5) is 10.1 Å². The van der Waals surface area contributed by atoms with E-state index in [1.807, 2.05) is 0 Å². The summed E-state index contributed by atoms with van der Waals surface area (Å²) in [6.07, 6.45) is 0.261.